The molecule has 0 amide bonds. The van der Waals surface area contributed by atoms with Crippen molar-refractivity contribution in [3.8, 4) is 17.1 Å². The largest absolute Gasteiger partial charge is 0.472 e. The summed E-state index contributed by atoms with van der Waals surface area (Å²) in [4.78, 5) is 0. The Bertz CT molecular complexity index is 712. The van der Waals surface area contributed by atoms with Crippen LogP contribution < -0.4 is 4.74 Å². The third-order valence-electron chi connectivity index (χ3n) is 3.58. The standard InChI is InChI=1S/C20H23FN2O2/c1-3-13-25-20-12-11-19(22-23-20)17-10-9-16(18(21)14-17)8-6-4-5-7-15(2)24/h3,6,8-12,14-15,24H,1,4-5,7,13H2,2H3/b8-6+. The zero-order valence-corrected chi connectivity index (χ0v) is 14.4. The molecule has 0 fully saturated rings. The highest BCUT2D eigenvalue weighted by atomic mass is 19.1. The molecule has 1 atom stereocenters. The highest BCUT2D eigenvalue weighted by Crippen LogP contribution is 2.21. The minimum absolute atomic E-state index is 0.293. The molecule has 0 saturated heterocycles. The number of hydrogen-bond donors (Lipinski definition) is 1. The van der Waals surface area contributed by atoms with Gasteiger partial charge in [-0.2, -0.15) is 0 Å². The van der Waals surface area contributed by atoms with E-state index in [1.165, 1.54) is 6.07 Å². The van der Waals surface area contributed by atoms with Crippen molar-refractivity contribution in [1.82, 2.24) is 10.2 Å². The number of allylic oxidation sites excluding steroid dienone is 1. The lowest BCUT2D eigenvalue weighted by molar-refractivity contribution is 0.182. The highest BCUT2D eigenvalue weighted by Gasteiger charge is 2.06. The lowest BCUT2D eigenvalue weighted by atomic mass is 10.1. The van der Waals surface area contributed by atoms with E-state index in [9.17, 15) is 9.50 Å². The molecule has 1 aromatic heterocycles. The number of benzene rings is 1. The average molecular weight is 342 g/mol. The summed E-state index contributed by atoms with van der Waals surface area (Å²) < 4.78 is 19.5. The van der Waals surface area contributed by atoms with Crippen molar-refractivity contribution in [3.05, 3.63) is 60.4 Å². The molecule has 0 aliphatic heterocycles. The monoisotopic (exact) mass is 342 g/mol. The van der Waals surface area contributed by atoms with Gasteiger partial charge in [-0.3, -0.25) is 0 Å². The maximum absolute atomic E-state index is 14.2. The van der Waals surface area contributed by atoms with Gasteiger partial charge in [-0.15, -0.1) is 10.2 Å². The molecular weight excluding hydrogens is 319 g/mol. The molecule has 0 saturated carbocycles. The smallest absolute Gasteiger partial charge is 0.233 e. The first-order valence-corrected chi connectivity index (χ1v) is 8.32. The molecule has 1 unspecified atom stereocenters. The number of ether oxygens (including phenoxy) is 1. The van der Waals surface area contributed by atoms with Crippen molar-refractivity contribution in [2.24, 2.45) is 0 Å². The second kappa shape index (κ2) is 9.69. The van der Waals surface area contributed by atoms with Crippen molar-refractivity contribution in [3.63, 3.8) is 0 Å². The number of aliphatic hydroxyl groups excluding tert-OH is 1. The van der Waals surface area contributed by atoms with Gasteiger partial charge in [0.1, 0.15) is 12.4 Å². The number of halogens is 1. The zero-order valence-electron chi connectivity index (χ0n) is 14.4. The predicted molar refractivity (Wildman–Crippen MR) is 97.7 cm³/mol. The van der Waals surface area contributed by atoms with Crippen LogP contribution in [0.25, 0.3) is 17.3 Å². The molecule has 0 aliphatic carbocycles. The van der Waals surface area contributed by atoms with Gasteiger partial charge in [-0.05, 0) is 38.3 Å². The van der Waals surface area contributed by atoms with E-state index >= 15 is 0 Å². The van der Waals surface area contributed by atoms with E-state index in [0.717, 1.165) is 19.3 Å². The second-order valence-corrected chi connectivity index (χ2v) is 5.78. The predicted octanol–water partition coefficient (Wildman–Crippen LogP) is 4.41. The van der Waals surface area contributed by atoms with E-state index in [-0.39, 0.29) is 11.9 Å². The summed E-state index contributed by atoms with van der Waals surface area (Å²) in [5.41, 5.74) is 1.77. The van der Waals surface area contributed by atoms with Gasteiger partial charge in [-0.1, -0.05) is 36.9 Å². The molecule has 4 nitrogen and oxygen atoms in total. The normalized spacial score (nSPS) is 12.3. The van der Waals surface area contributed by atoms with Crippen LogP contribution in [0.15, 0.2) is 49.1 Å². The highest BCUT2D eigenvalue weighted by molar-refractivity contribution is 5.62. The van der Waals surface area contributed by atoms with Gasteiger partial charge in [-0.25, -0.2) is 4.39 Å². The Morgan fingerprint density at radius 3 is 2.76 bits per heavy atom. The quantitative estimate of drug-likeness (QED) is 0.542. The van der Waals surface area contributed by atoms with Gasteiger partial charge >= 0.3 is 0 Å². The maximum atomic E-state index is 14.2. The van der Waals surface area contributed by atoms with Gasteiger partial charge in [0.15, 0.2) is 0 Å². The van der Waals surface area contributed by atoms with Gasteiger partial charge < -0.3 is 9.84 Å². The molecule has 1 N–H and O–H groups in total. The van der Waals surface area contributed by atoms with Crippen molar-refractivity contribution in [2.45, 2.75) is 32.3 Å². The average Bonchev–Trinajstić information content (AvgIpc) is 2.61. The van der Waals surface area contributed by atoms with Crippen LogP contribution >= 0.6 is 0 Å². The van der Waals surface area contributed by atoms with Crippen LogP contribution in [-0.2, 0) is 0 Å². The van der Waals surface area contributed by atoms with Crippen molar-refractivity contribution in [1.29, 1.82) is 0 Å². The first kappa shape index (κ1) is 18.8. The third-order valence-corrected chi connectivity index (χ3v) is 3.58. The fourth-order valence-corrected chi connectivity index (χ4v) is 2.26. The van der Waals surface area contributed by atoms with Gasteiger partial charge in [0, 0.05) is 17.2 Å². The summed E-state index contributed by atoms with van der Waals surface area (Å²) >= 11 is 0. The topological polar surface area (TPSA) is 55.2 Å². The molecular formula is C20H23FN2O2. The van der Waals surface area contributed by atoms with Crippen LogP contribution in [0.5, 0.6) is 5.88 Å². The maximum Gasteiger partial charge on any atom is 0.233 e. The molecule has 0 spiro atoms. The molecule has 0 aliphatic rings. The Morgan fingerprint density at radius 1 is 1.28 bits per heavy atom. The second-order valence-electron chi connectivity index (χ2n) is 5.78. The minimum atomic E-state index is -0.307. The van der Waals surface area contributed by atoms with Crippen LogP contribution in [-0.4, -0.2) is 28.0 Å². The minimum Gasteiger partial charge on any atom is -0.472 e. The van der Waals surface area contributed by atoms with Crippen LogP contribution in [0.1, 0.15) is 31.7 Å². The van der Waals surface area contributed by atoms with Gasteiger partial charge in [0.25, 0.3) is 0 Å². The van der Waals surface area contributed by atoms with E-state index in [1.807, 2.05) is 12.1 Å². The van der Waals surface area contributed by atoms with Crippen LogP contribution in [0.4, 0.5) is 4.39 Å². The first-order chi connectivity index (χ1) is 12.1. The van der Waals surface area contributed by atoms with Crippen LogP contribution in [0.2, 0.25) is 0 Å². The summed E-state index contributed by atoms with van der Waals surface area (Å²) in [6.45, 7) is 5.70. The Hall–Kier alpha value is -2.53. The van der Waals surface area contributed by atoms with E-state index in [4.69, 9.17) is 4.74 Å². The summed E-state index contributed by atoms with van der Waals surface area (Å²) in [5.74, 6) is 0.0962. The number of nitrogens with zero attached hydrogens (tertiary/aromatic N) is 2. The Kier molecular flexibility index (Phi) is 7.29. The van der Waals surface area contributed by atoms with Gasteiger partial charge in [0.05, 0.1) is 11.8 Å². The molecule has 2 rings (SSSR count). The third kappa shape index (κ3) is 6.12. The lowest BCUT2D eigenvalue weighted by Crippen LogP contribution is -1.97. The fraction of sp³-hybridized carbons (Fsp3) is 0.300. The van der Waals surface area contributed by atoms with Crippen LogP contribution in [0, 0.1) is 5.82 Å². The molecule has 5 heteroatoms. The fourth-order valence-electron chi connectivity index (χ4n) is 2.26. The SMILES string of the molecule is C=CCOc1ccc(-c2ccc(/C=C/CCCC(C)O)c(F)c2)nn1. The molecule has 0 bridgehead atoms. The Morgan fingerprint density at radius 2 is 2.12 bits per heavy atom. The number of hydrogen-bond acceptors (Lipinski definition) is 4. The first-order valence-electron chi connectivity index (χ1n) is 8.32. The molecule has 25 heavy (non-hydrogen) atoms. The Balaban J connectivity index is 2.00. The zero-order chi connectivity index (χ0) is 18.1. The summed E-state index contributed by atoms with van der Waals surface area (Å²) in [6.07, 6.45) is 7.45. The van der Waals surface area contributed by atoms with Crippen molar-refractivity contribution in [2.75, 3.05) is 6.61 Å². The van der Waals surface area contributed by atoms with Crippen molar-refractivity contribution < 1.29 is 14.2 Å². The van der Waals surface area contributed by atoms with Gasteiger partial charge in [0.2, 0.25) is 5.88 Å². The number of unbranched alkanes of at least 4 members (excludes halogenated alkanes) is 1. The van der Waals surface area contributed by atoms with Crippen LogP contribution in [0.3, 0.4) is 0 Å². The number of aromatic nitrogens is 2. The van der Waals surface area contributed by atoms with Crippen molar-refractivity contribution >= 4 is 6.08 Å². The van der Waals surface area contributed by atoms with E-state index in [0.29, 0.717) is 29.3 Å². The lowest BCUT2D eigenvalue weighted by Gasteiger charge is -2.05. The number of aliphatic hydroxyl groups is 1. The Labute approximate surface area is 147 Å². The molecule has 2 aromatic rings. The molecule has 132 valence electrons. The van der Waals surface area contributed by atoms with E-state index < -0.39 is 0 Å². The van der Waals surface area contributed by atoms with E-state index in [1.54, 1.807) is 37.3 Å². The number of rotatable bonds is 9. The molecule has 1 heterocycles. The van der Waals surface area contributed by atoms with E-state index in [2.05, 4.69) is 16.8 Å². The summed E-state index contributed by atoms with van der Waals surface area (Å²) in [6, 6.07) is 8.42. The molecule has 1 aromatic carbocycles. The summed E-state index contributed by atoms with van der Waals surface area (Å²) in [7, 11) is 0. The summed E-state index contributed by atoms with van der Waals surface area (Å²) in [5, 5.41) is 17.2. The molecule has 0 radical (unpaired) electrons.